The van der Waals surface area contributed by atoms with Crippen LogP contribution in [0, 0.1) is 11.6 Å². The van der Waals surface area contributed by atoms with Crippen LogP contribution in [0.5, 0.6) is 5.75 Å². The molecular weight excluding hydrogens is 545 g/mol. The predicted molar refractivity (Wildman–Crippen MR) is 142 cm³/mol. The highest BCUT2D eigenvalue weighted by atomic mass is 19.4. The molecule has 4 aromatic rings. The van der Waals surface area contributed by atoms with Crippen molar-refractivity contribution >= 4 is 11.7 Å². The van der Waals surface area contributed by atoms with Gasteiger partial charge in [0.05, 0.1) is 17.1 Å². The second kappa shape index (κ2) is 10.5. The Morgan fingerprint density at radius 1 is 1.00 bits per heavy atom. The van der Waals surface area contributed by atoms with Gasteiger partial charge in [-0.05, 0) is 37.6 Å². The molecule has 2 heterocycles. The van der Waals surface area contributed by atoms with Crippen molar-refractivity contribution in [1.29, 1.82) is 0 Å². The molecule has 0 atom stereocenters. The predicted octanol–water partition coefficient (Wildman–Crippen LogP) is 6.50. The molecule has 214 valence electrons. The number of hydrogen-bond acceptors (Lipinski definition) is 4. The third-order valence-corrected chi connectivity index (χ3v) is 7.19. The van der Waals surface area contributed by atoms with Crippen molar-refractivity contribution in [2.45, 2.75) is 38.7 Å². The number of para-hydroxylation sites is 2. The first-order valence-electron chi connectivity index (χ1n) is 12.7. The molecule has 2 amide bonds. The summed E-state index contributed by atoms with van der Waals surface area (Å²) >= 11 is 0. The molecule has 3 N–H and O–H groups in total. The first kappa shape index (κ1) is 28.1. The lowest BCUT2D eigenvalue weighted by Gasteiger charge is -2.41. The minimum atomic E-state index is -5.00. The van der Waals surface area contributed by atoms with E-state index in [0.717, 1.165) is 28.4 Å². The van der Waals surface area contributed by atoms with Crippen LogP contribution in [0.15, 0.2) is 66.7 Å². The lowest BCUT2D eigenvalue weighted by Crippen LogP contribution is -2.44. The first-order valence-corrected chi connectivity index (χ1v) is 12.7. The van der Waals surface area contributed by atoms with Crippen LogP contribution in [0.1, 0.15) is 30.7 Å². The van der Waals surface area contributed by atoms with E-state index in [4.69, 9.17) is 5.73 Å². The maximum absolute atomic E-state index is 15.7. The third-order valence-electron chi connectivity index (χ3n) is 7.19. The Bertz CT molecular complexity index is 1600. The number of benzene rings is 3. The lowest BCUT2D eigenvalue weighted by atomic mass is 9.89. The molecule has 0 spiro atoms. The number of primary amides is 1. The number of ether oxygens (including phenoxy) is 1. The number of fused-ring (bicyclic) bond motifs is 1. The molecule has 7 nitrogen and oxygen atoms in total. The number of carbonyl (C=O) groups is 1. The average Bonchev–Trinajstić information content (AvgIpc) is 3.28. The summed E-state index contributed by atoms with van der Waals surface area (Å²) in [6.07, 6.45) is -4.60. The smallest absolute Gasteiger partial charge is 0.403 e. The van der Waals surface area contributed by atoms with Gasteiger partial charge in [0, 0.05) is 42.2 Å². The van der Waals surface area contributed by atoms with Crippen LogP contribution in [0.25, 0.3) is 16.9 Å². The third kappa shape index (κ3) is 5.60. The summed E-state index contributed by atoms with van der Waals surface area (Å²) in [5, 5.41) is 6.61. The Labute approximate surface area is 232 Å². The van der Waals surface area contributed by atoms with Crippen molar-refractivity contribution in [2.75, 3.05) is 11.9 Å². The number of urea groups is 1. The van der Waals surface area contributed by atoms with E-state index < -0.39 is 41.0 Å². The van der Waals surface area contributed by atoms with E-state index in [1.54, 1.807) is 0 Å². The molecule has 5 rings (SSSR count). The fraction of sp³-hybridized carbons (Fsp3) is 0.241. The number of aromatic nitrogens is 2. The highest BCUT2D eigenvalue weighted by Crippen LogP contribution is 2.41. The van der Waals surface area contributed by atoms with E-state index in [2.05, 4.69) is 14.7 Å². The minimum absolute atomic E-state index is 0.0637. The van der Waals surface area contributed by atoms with E-state index >= 15 is 8.78 Å². The SMILES string of the molecule is CC(C)(c1ccccc1)N1CCc2nn(-c3ccccc3OC(F)(F)F)c(-c3cc(F)c(NC(N)=O)cc3F)c2C1. The number of alkyl halides is 3. The van der Waals surface area contributed by atoms with Crippen LogP contribution < -0.4 is 15.8 Å². The van der Waals surface area contributed by atoms with Crippen molar-refractivity contribution in [2.24, 2.45) is 5.73 Å². The van der Waals surface area contributed by atoms with Gasteiger partial charge < -0.3 is 15.8 Å². The Morgan fingerprint density at radius 2 is 1.68 bits per heavy atom. The quantitative estimate of drug-likeness (QED) is 0.259. The molecule has 0 unspecified atom stereocenters. The van der Waals surface area contributed by atoms with Crippen molar-refractivity contribution < 1.29 is 31.5 Å². The van der Waals surface area contributed by atoms with E-state index in [1.807, 2.05) is 49.5 Å². The molecular formula is C29H26F5N5O2. The molecule has 1 aliphatic heterocycles. The van der Waals surface area contributed by atoms with E-state index in [0.29, 0.717) is 24.2 Å². The second-order valence-electron chi connectivity index (χ2n) is 10.1. The van der Waals surface area contributed by atoms with Crippen molar-refractivity contribution in [3.05, 3.63) is 95.2 Å². The van der Waals surface area contributed by atoms with Gasteiger partial charge in [0.1, 0.15) is 17.3 Å². The summed E-state index contributed by atoms with van der Waals surface area (Å²) in [6.45, 7) is 4.88. The van der Waals surface area contributed by atoms with Gasteiger partial charge in [-0.1, -0.05) is 42.5 Å². The van der Waals surface area contributed by atoms with E-state index in [1.165, 1.54) is 18.2 Å². The second-order valence-corrected chi connectivity index (χ2v) is 10.1. The summed E-state index contributed by atoms with van der Waals surface area (Å²) < 4.78 is 76.0. The lowest BCUT2D eigenvalue weighted by molar-refractivity contribution is -0.274. The van der Waals surface area contributed by atoms with Crippen LogP contribution in [-0.4, -0.2) is 33.6 Å². The van der Waals surface area contributed by atoms with Crippen molar-refractivity contribution in [3.8, 4) is 22.7 Å². The van der Waals surface area contributed by atoms with Crippen LogP contribution in [-0.2, 0) is 18.5 Å². The summed E-state index contributed by atoms with van der Waals surface area (Å²) in [7, 11) is 0. The van der Waals surface area contributed by atoms with Gasteiger partial charge in [-0.15, -0.1) is 13.2 Å². The average molecular weight is 572 g/mol. The molecule has 0 bridgehead atoms. The summed E-state index contributed by atoms with van der Waals surface area (Å²) in [4.78, 5) is 13.4. The zero-order valence-corrected chi connectivity index (χ0v) is 22.1. The summed E-state index contributed by atoms with van der Waals surface area (Å²) in [5.74, 6) is -2.48. The summed E-state index contributed by atoms with van der Waals surface area (Å²) in [5.41, 5.74) is 5.89. The molecule has 12 heteroatoms. The van der Waals surface area contributed by atoms with E-state index in [9.17, 15) is 18.0 Å². The Morgan fingerprint density at radius 3 is 2.37 bits per heavy atom. The molecule has 0 radical (unpaired) electrons. The van der Waals surface area contributed by atoms with Gasteiger partial charge in [0.2, 0.25) is 0 Å². The van der Waals surface area contributed by atoms with Crippen molar-refractivity contribution in [1.82, 2.24) is 14.7 Å². The maximum Gasteiger partial charge on any atom is 0.573 e. The van der Waals surface area contributed by atoms with Crippen LogP contribution in [0.3, 0.4) is 0 Å². The molecule has 0 fully saturated rings. The number of rotatable bonds is 6. The number of hydrogen-bond donors (Lipinski definition) is 2. The topological polar surface area (TPSA) is 85.4 Å². The van der Waals surface area contributed by atoms with E-state index in [-0.39, 0.29) is 23.5 Å². The van der Waals surface area contributed by atoms with Crippen LogP contribution >= 0.6 is 0 Å². The van der Waals surface area contributed by atoms with Gasteiger partial charge in [-0.2, -0.15) is 5.10 Å². The number of nitrogens with one attached hydrogen (secondary N) is 1. The van der Waals surface area contributed by atoms with Crippen LogP contribution in [0.2, 0.25) is 0 Å². The fourth-order valence-electron chi connectivity index (χ4n) is 5.13. The van der Waals surface area contributed by atoms with Gasteiger partial charge >= 0.3 is 12.4 Å². The number of amides is 2. The number of nitrogens with zero attached hydrogens (tertiary/aromatic N) is 3. The molecule has 1 aromatic heterocycles. The molecule has 0 saturated carbocycles. The van der Waals surface area contributed by atoms with Gasteiger partial charge in [-0.25, -0.2) is 18.3 Å². The Kier molecular flexibility index (Phi) is 7.20. The zero-order chi connectivity index (χ0) is 29.5. The molecule has 0 aliphatic carbocycles. The zero-order valence-electron chi connectivity index (χ0n) is 22.1. The number of nitrogens with two attached hydrogens (primary N) is 1. The van der Waals surface area contributed by atoms with Gasteiger partial charge in [-0.3, -0.25) is 4.90 Å². The standard InChI is InChI=1S/C29H26F5N5O2/c1-28(2,17-8-4-3-5-9-17)38-13-12-22-19(16-38)26(18-14-21(31)23(15-20(18)30)36-27(35)40)39(37-22)24-10-6-7-11-25(24)41-29(32,33)34/h3-11,14-15H,12-13,16H2,1-2H3,(H3,35,36,40). The normalized spacial score (nSPS) is 14.0. The fourth-order valence-corrected chi connectivity index (χ4v) is 5.13. The molecule has 1 aliphatic rings. The largest absolute Gasteiger partial charge is 0.573 e. The molecule has 41 heavy (non-hydrogen) atoms. The number of anilines is 1. The van der Waals surface area contributed by atoms with Gasteiger partial charge in [0.25, 0.3) is 0 Å². The Hall–Kier alpha value is -4.45. The van der Waals surface area contributed by atoms with Crippen LogP contribution in [0.4, 0.5) is 32.4 Å². The maximum atomic E-state index is 15.7. The number of halogens is 5. The molecule has 3 aromatic carbocycles. The van der Waals surface area contributed by atoms with Crippen molar-refractivity contribution in [3.63, 3.8) is 0 Å². The Balaban J connectivity index is 1.70. The number of carbonyl (C=O) groups excluding carboxylic acids is 1. The summed E-state index contributed by atoms with van der Waals surface area (Å²) in [6, 6.07) is 15.6. The molecule has 0 saturated heterocycles. The first-order chi connectivity index (χ1) is 19.3. The monoisotopic (exact) mass is 571 g/mol. The minimum Gasteiger partial charge on any atom is -0.403 e. The van der Waals surface area contributed by atoms with Gasteiger partial charge in [0.15, 0.2) is 5.75 Å². The highest BCUT2D eigenvalue weighted by Gasteiger charge is 2.37. The highest BCUT2D eigenvalue weighted by molar-refractivity contribution is 5.88.